The number of nitrogens with zero attached hydrogens (tertiary/aromatic N) is 4. The van der Waals surface area contributed by atoms with E-state index < -0.39 is 0 Å². The zero-order valence-corrected chi connectivity index (χ0v) is 14.0. The Balaban J connectivity index is 2.09. The summed E-state index contributed by atoms with van der Waals surface area (Å²) in [5.41, 5.74) is 0.582. The number of carbonyl (C=O) groups is 2. The third kappa shape index (κ3) is 4.10. The van der Waals surface area contributed by atoms with Gasteiger partial charge in [-0.25, -0.2) is 0 Å². The minimum Gasteiger partial charge on any atom is -0.354 e. The highest BCUT2D eigenvalue weighted by atomic mass is 35.5. The van der Waals surface area contributed by atoms with Crippen molar-refractivity contribution in [1.82, 2.24) is 24.9 Å². The first-order chi connectivity index (χ1) is 10.9. The summed E-state index contributed by atoms with van der Waals surface area (Å²) in [6.45, 7) is 4.65. The average molecular weight is 339 g/mol. The Bertz CT molecular complexity index is 708. The van der Waals surface area contributed by atoms with Crippen molar-refractivity contribution < 1.29 is 9.59 Å². The molecule has 2 aromatic heterocycles. The second-order valence-electron chi connectivity index (χ2n) is 5.10. The van der Waals surface area contributed by atoms with Crippen LogP contribution in [0.1, 0.15) is 24.3 Å². The molecule has 2 N–H and O–H groups in total. The van der Waals surface area contributed by atoms with Crippen molar-refractivity contribution in [2.24, 2.45) is 5.92 Å². The molecule has 2 aromatic rings. The molecule has 1 unspecified atom stereocenters. The number of carbonyl (C=O) groups excluding carboxylic acids is 2. The van der Waals surface area contributed by atoms with Crippen molar-refractivity contribution in [2.75, 3.05) is 12.4 Å². The minimum atomic E-state index is -0.353. The Kier molecular flexibility index (Phi) is 5.38. The molecule has 0 aromatic carbocycles. The zero-order valence-electron chi connectivity index (χ0n) is 13.2. The van der Waals surface area contributed by atoms with Crippen LogP contribution in [0.25, 0.3) is 0 Å². The number of nitrogens with one attached hydrogen (secondary N) is 2. The molecule has 9 heteroatoms. The second kappa shape index (κ2) is 7.28. The predicted molar refractivity (Wildman–Crippen MR) is 86.3 cm³/mol. The maximum atomic E-state index is 12.3. The largest absolute Gasteiger partial charge is 0.354 e. The van der Waals surface area contributed by atoms with Gasteiger partial charge in [0.1, 0.15) is 0 Å². The second-order valence-corrected chi connectivity index (χ2v) is 5.53. The van der Waals surface area contributed by atoms with Crippen LogP contribution in [0.3, 0.4) is 0 Å². The van der Waals surface area contributed by atoms with E-state index in [-0.39, 0.29) is 23.4 Å². The summed E-state index contributed by atoms with van der Waals surface area (Å²) >= 11 is 5.80. The van der Waals surface area contributed by atoms with E-state index in [2.05, 4.69) is 20.8 Å². The first-order valence-electron chi connectivity index (χ1n) is 7.23. The van der Waals surface area contributed by atoms with Crippen molar-refractivity contribution in [2.45, 2.75) is 26.9 Å². The fourth-order valence-electron chi connectivity index (χ4n) is 2.02. The third-order valence-electron chi connectivity index (χ3n) is 3.30. The Morgan fingerprint density at radius 1 is 1.35 bits per heavy atom. The van der Waals surface area contributed by atoms with Gasteiger partial charge in [-0.05, 0) is 6.92 Å². The molecule has 124 valence electrons. The van der Waals surface area contributed by atoms with Gasteiger partial charge in [-0.1, -0.05) is 18.5 Å². The quantitative estimate of drug-likeness (QED) is 0.832. The molecule has 0 aliphatic carbocycles. The number of aromatic nitrogens is 4. The summed E-state index contributed by atoms with van der Waals surface area (Å²) in [6.07, 6.45) is 4.80. The lowest BCUT2D eigenvalue weighted by Gasteiger charge is -2.12. The van der Waals surface area contributed by atoms with Crippen LogP contribution < -0.4 is 10.6 Å². The molecule has 2 amide bonds. The van der Waals surface area contributed by atoms with E-state index in [1.807, 2.05) is 6.92 Å². The highest BCUT2D eigenvalue weighted by molar-refractivity contribution is 6.30. The summed E-state index contributed by atoms with van der Waals surface area (Å²) in [6, 6.07) is 0. The zero-order chi connectivity index (χ0) is 17.0. The van der Waals surface area contributed by atoms with Crippen molar-refractivity contribution in [3.05, 3.63) is 29.3 Å². The highest BCUT2D eigenvalue weighted by Crippen LogP contribution is 2.16. The Hall–Kier alpha value is -2.35. The number of aryl methyl sites for hydroxylation is 1. The van der Waals surface area contributed by atoms with Crippen LogP contribution in [-0.4, -0.2) is 38.4 Å². The average Bonchev–Trinajstić information content (AvgIpc) is 3.12. The van der Waals surface area contributed by atoms with E-state index in [0.29, 0.717) is 23.8 Å². The lowest BCUT2D eigenvalue weighted by Crippen LogP contribution is -2.26. The van der Waals surface area contributed by atoms with E-state index >= 15 is 0 Å². The minimum absolute atomic E-state index is 0.192. The first kappa shape index (κ1) is 17.0. The Morgan fingerprint density at radius 3 is 2.65 bits per heavy atom. The maximum absolute atomic E-state index is 12.3. The van der Waals surface area contributed by atoms with Gasteiger partial charge in [-0.2, -0.15) is 10.2 Å². The summed E-state index contributed by atoms with van der Waals surface area (Å²) in [7, 11) is 1.52. The van der Waals surface area contributed by atoms with E-state index in [9.17, 15) is 9.59 Å². The number of anilines is 1. The molecule has 0 aliphatic heterocycles. The van der Waals surface area contributed by atoms with Crippen LogP contribution in [0.5, 0.6) is 0 Å². The summed E-state index contributed by atoms with van der Waals surface area (Å²) < 4.78 is 3.19. The SMILES string of the molecule is CCn1cc(NC(=O)C(C)Cn2cc(Cl)cn2)c(C(=O)NC)n1. The van der Waals surface area contributed by atoms with Gasteiger partial charge in [0.25, 0.3) is 5.91 Å². The van der Waals surface area contributed by atoms with E-state index in [1.165, 1.54) is 13.2 Å². The fraction of sp³-hybridized carbons (Fsp3) is 0.429. The van der Waals surface area contributed by atoms with Gasteiger partial charge < -0.3 is 10.6 Å². The molecule has 2 heterocycles. The van der Waals surface area contributed by atoms with Crippen molar-refractivity contribution in [1.29, 1.82) is 0 Å². The summed E-state index contributed by atoms with van der Waals surface area (Å²) in [4.78, 5) is 24.2. The van der Waals surface area contributed by atoms with Crippen LogP contribution in [0.4, 0.5) is 5.69 Å². The number of halogens is 1. The van der Waals surface area contributed by atoms with Crippen molar-refractivity contribution >= 4 is 29.1 Å². The molecule has 0 fully saturated rings. The molecule has 8 nitrogen and oxygen atoms in total. The molecule has 0 spiro atoms. The lowest BCUT2D eigenvalue weighted by molar-refractivity contribution is -0.119. The molecule has 2 rings (SSSR count). The van der Waals surface area contributed by atoms with Gasteiger partial charge in [0.2, 0.25) is 5.91 Å². The maximum Gasteiger partial charge on any atom is 0.273 e. The molecule has 1 atom stereocenters. The van der Waals surface area contributed by atoms with Gasteiger partial charge in [0, 0.05) is 26.0 Å². The van der Waals surface area contributed by atoms with Crippen LogP contribution in [0.2, 0.25) is 5.02 Å². The molecule has 23 heavy (non-hydrogen) atoms. The molecule has 0 saturated carbocycles. The van der Waals surface area contributed by atoms with Gasteiger partial charge in [-0.15, -0.1) is 0 Å². The van der Waals surface area contributed by atoms with E-state index in [4.69, 9.17) is 11.6 Å². The highest BCUT2D eigenvalue weighted by Gasteiger charge is 2.20. The Labute approximate surface area is 138 Å². The normalized spacial score (nSPS) is 12.0. The molecule has 0 bridgehead atoms. The standard InChI is InChI=1S/C14H19ClN6O2/c1-4-20-8-11(12(19-20)14(23)16-3)18-13(22)9(2)6-21-7-10(15)5-17-21/h5,7-9H,4,6H2,1-3H3,(H,16,23)(H,18,22). The number of hydrogen-bond acceptors (Lipinski definition) is 4. The van der Waals surface area contributed by atoms with Crippen LogP contribution in [-0.2, 0) is 17.9 Å². The van der Waals surface area contributed by atoms with Crippen molar-refractivity contribution in [3.8, 4) is 0 Å². The molecule has 0 radical (unpaired) electrons. The number of amides is 2. The summed E-state index contributed by atoms with van der Waals surface area (Å²) in [5.74, 6) is -0.926. The van der Waals surface area contributed by atoms with Crippen molar-refractivity contribution in [3.63, 3.8) is 0 Å². The van der Waals surface area contributed by atoms with Gasteiger partial charge in [0.15, 0.2) is 5.69 Å². The van der Waals surface area contributed by atoms with Crippen LogP contribution >= 0.6 is 11.6 Å². The number of hydrogen-bond donors (Lipinski definition) is 2. The fourth-order valence-corrected chi connectivity index (χ4v) is 2.17. The van der Waals surface area contributed by atoms with Gasteiger partial charge in [0.05, 0.1) is 29.4 Å². The molecular formula is C14H19ClN6O2. The van der Waals surface area contributed by atoms with E-state index in [1.54, 1.807) is 28.7 Å². The van der Waals surface area contributed by atoms with Crippen LogP contribution in [0.15, 0.2) is 18.6 Å². The van der Waals surface area contributed by atoms with E-state index in [0.717, 1.165) is 0 Å². The monoisotopic (exact) mass is 338 g/mol. The van der Waals surface area contributed by atoms with Gasteiger partial charge in [-0.3, -0.25) is 19.0 Å². The number of rotatable bonds is 6. The van der Waals surface area contributed by atoms with Gasteiger partial charge >= 0.3 is 0 Å². The first-order valence-corrected chi connectivity index (χ1v) is 7.60. The lowest BCUT2D eigenvalue weighted by atomic mass is 10.1. The third-order valence-corrected chi connectivity index (χ3v) is 3.49. The van der Waals surface area contributed by atoms with Crippen LogP contribution in [0, 0.1) is 5.92 Å². The Morgan fingerprint density at radius 2 is 2.09 bits per heavy atom. The smallest absolute Gasteiger partial charge is 0.273 e. The summed E-state index contributed by atoms with van der Waals surface area (Å²) in [5, 5.41) is 14.0. The molecule has 0 aliphatic rings. The molecule has 0 saturated heterocycles. The predicted octanol–water partition coefficient (Wildman–Crippen LogP) is 1.39. The topological polar surface area (TPSA) is 93.8 Å². The molecular weight excluding hydrogens is 320 g/mol.